The number of hydrogen-bond acceptors (Lipinski definition) is 5. The Kier molecular flexibility index (Phi) is 7.35. The number of aryl methyl sites for hydroxylation is 1. The molecule has 1 atom stereocenters. The van der Waals surface area contributed by atoms with Crippen LogP contribution in [-0.4, -0.2) is 40.4 Å². The molecule has 0 aliphatic carbocycles. The molecular weight excluding hydrogens is 508 g/mol. The van der Waals surface area contributed by atoms with Gasteiger partial charge in [-0.15, -0.1) is 0 Å². The van der Waals surface area contributed by atoms with Gasteiger partial charge < -0.3 is 10.6 Å². The van der Waals surface area contributed by atoms with Crippen LogP contribution in [0, 0.1) is 18.6 Å². The van der Waals surface area contributed by atoms with Crippen LogP contribution in [0.25, 0.3) is 22.0 Å². The summed E-state index contributed by atoms with van der Waals surface area (Å²) >= 11 is 5.80. The largest absolute Gasteiger partial charge is 0.337 e. The minimum atomic E-state index is -0.929. The molecule has 0 spiro atoms. The summed E-state index contributed by atoms with van der Waals surface area (Å²) in [6.07, 6.45) is 6.96. The van der Waals surface area contributed by atoms with Gasteiger partial charge in [0, 0.05) is 23.4 Å². The number of hydrogen-bond donors (Lipinski definition) is 2. The fourth-order valence-electron chi connectivity index (χ4n) is 4.75. The maximum atomic E-state index is 14.8. The highest BCUT2D eigenvalue weighted by Crippen LogP contribution is 2.40. The number of carbonyl (C=O) groups excluding carboxylic acids is 1. The summed E-state index contributed by atoms with van der Waals surface area (Å²) in [5.41, 5.74) is 3.60. The smallest absolute Gasteiger partial charge is 0.248 e. The number of halogens is 3. The Morgan fingerprint density at radius 2 is 1.95 bits per heavy atom. The monoisotopic (exact) mass is 533 g/mol. The SMILES string of the molecule is Cc1cccc(-c2c(NC(=O)/C=C/C3CCCN3C)ccc3ncnc(Nc4ccc(F)c(Cl)c4F)c23)c1. The molecule has 0 bridgehead atoms. The van der Waals surface area contributed by atoms with Crippen LogP contribution in [0.15, 0.2) is 67.0 Å². The Morgan fingerprint density at radius 3 is 2.71 bits per heavy atom. The standard InChI is InChI=1S/C29H26ClF2N5O/c1-17-5-3-6-18(15-17)25-22(35-24(38)13-8-19-7-4-14-37(19)2)12-11-21-26(25)29(34-16-33-21)36-23-10-9-20(31)27(30)28(23)32/h3,5-6,8-13,15-16,19H,4,7,14H2,1-2H3,(H,35,38)(H,33,34,36)/b13-8+. The lowest BCUT2D eigenvalue weighted by molar-refractivity contribution is -0.111. The maximum Gasteiger partial charge on any atom is 0.248 e. The topological polar surface area (TPSA) is 70.2 Å². The first-order valence-electron chi connectivity index (χ1n) is 12.3. The van der Waals surface area contributed by atoms with Crippen LogP contribution in [0.4, 0.5) is 26.0 Å². The number of likely N-dealkylation sites (tertiary alicyclic amines) is 1. The number of nitrogens with one attached hydrogen (secondary N) is 2. The molecule has 3 aromatic carbocycles. The van der Waals surface area contributed by atoms with E-state index in [2.05, 4.69) is 25.5 Å². The molecule has 6 nitrogen and oxygen atoms in total. The van der Waals surface area contributed by atoms with Crippen molar-refractivity contribution < 1.29 is 13.6 Å². The molecule has 1 amide bonds. The lowest BCUT2D eigenvalue weighted by Gasteiger charge is -2.18. The van der Waals surface area contributed by atoms with E-state index in [0.717, 1.165) is 36.6 Å². The van der Waals surface area contributed by atoms with E-state index in [9.17, 15) is 13.6 Å². The Labute approximate surface area is 224 Å². The molecule has 4 aromatic rings. The summed E-state index contributed by atoms with van der Waals surface area (Å²) in [4.78, 5) is 24.0. The maximum absolute atomic E-state index is 14.8. The summed E-state index contributed by atoms with van der Waals surface area (Å²) in [5.74, 6) is -1.76. The predicted octanol–water partition coefficient (Wildman–Crippen LogP) is 6.87. The van der Waals surface area contributed by atoms with Crippen molar-refractivity contribution in [2.75, 3.05) is 24.2 Å². The molecule has 2 N–H and O–H groups in total. The van der Waals surface area contributed by atoms with Crippen LogP contribution in [-0.2, 0) is 4.79 Å². The van der Waals surface area contributed by atoms with Gasteiger partial charge in [0.2, 0.25) is 5.91 Å². The molecule has 1 aromatic heterocycles. The predicted molar refractivity (Wildman–Crippen MR) is 148 cm³/mol. The molecule has 1 saturated heterocycles. The molecule has 9 heteroatoms. The number of rotatable bonds is 6. The van der Waals surface area contributed by atoms with Crippen LogP contribution < -0.4 is 10.6 Å². The van der Waals surface area contributed by atoms with Crippen LogP contribution >= 0.6 is 11.6 Å². The first-order valence-corrected chi connectivity index (χ1v) is 12.6. The third-order valence-electron chi connectivity index (χ3n) is 6.70. The van der Waals surface area contributed by atoms with Gasteiger partial charge >= 0.3 is 0 Å². The van der Waals surface area contributed by atoms with E-state index in [-0.39, 0.29) is 23.5 Å². The fourth-order valence-corrected chi connectivity index (χ4v) is 4.92. The zero-order chi connectivity index (χ0) is 26.8. The van der Waals surface area contributed by atoms with Crippen molar-refractivity contribution >= 4 is 45.6 Å². The van der Waals surface area contributed by atoms with Crippen LogP contribution in [0.5, 0.6) is 0 Å². The quantitative estimate of drug-likeness (QED) is 0.209. The van der Waals surface area contributed by atoms with Gasteiger partial charge in [-0.3, -0.25) is 9.69 Å². The van der Waals surface area contributed by atoms with Gasteiger partial charge in [0.25, 0.3) is 0 Å². The molecule has 194 valence electrons. The van der Waals surface area contributed by atoms with Crippen molar-refractivity contribution in [3.8, 4) is 11.1 Å². The zero-order valence-corrected chi connectivity index (χ0v) is 21.7. The van der Waals surface area contributed by atoms with Gasteiger partial charge in [-0.2, -0.15) is 0 Å². The van der Waals surface area contributed by atoms with Gasteiger partial charge in [-0.25, -0.2) is 18.7 Å². The second kappa shape index (κ2) is 10.8. The van der Waals surface area contributed by atoms with E-state index in [1.54, 1.807) is 18.2 Å². The molecule has 0 radical (unpaired) electrons. The number of nitrogens with zero attached hydrogens (tertiary/aromatic N) is 3. The number of anilines is 3. The summed E-state index contributed by atoms with van der Waals surface area (Å²) in [7, 11) is 2.05. The average molecular weight is 534 g/mol. The minimum Gasteiger partial charge on any atom is -0.337 e. The van der Waals surface area contributed by atoms with Crippen molar-refractivity contribution in [2.45, 2.75) is 25.8 Å². The molecule has 0 saturated carbocycles. The number of amides is 1. The second-order valence-corrected chi connectivity index (χ2v) is 9.74. The molecule has 2 heterocycles. The van der Waals surface area contributed by atoms with Crippen LogP contribution in [0.3, 0.4) is 0 Å². The third-order valence-corrected chi connectivity index (χ3v) is 7.05. The molecule has 1 fully saturated rings. The van der Waals surface area contributed by atoms with Crippen LogP contribution in [0.2, 0.25) is 5.02 Å². The van der Waals surface area contributed by atoms with Gasteiger partial charge in [0.05, 0.1) is 16.6 Å². The fraction of sp³-hybridized carbons (Fsp3) is 0.207. The van der Waals surface area contributed by atoms with Gasteiger partial charge in [0.1, 0.15) is 23.0 Å². The summed E-state index contributed by atoms with van der Waals surface area (Å²) in [6, 6.07) is 13.9. The molecule has 1 unspecified atom stereocenters. The number of likely N-dealkylation sites (N-methyl/N-ethyl adjacent to an activating group) is 1. The van der Waals surface area contributed by atoms with Crippen molar-refractivity contribution in [2.24, 2.45) is 0 Å². The number of aromatic nitrogens is 2. The summed E-state index contributed by atoms with van der Waals surface area (Å²) < 4.78 is 28.5. The highest BCUT2D eigenvalue weighted by Gasteiger charge is 2.20. The highest BCUT2D eigenvalue weighted by molar-refractivity contribution is 6.31. The van der Waals surface area contributed by atoms with Gasteiger partial charge in [-0.1, -0.05) is 47.5 Å². The lowest BCUT2D eigenvalue weighted by Crippen LogP contribution is -2.23. The first-order chi connectivity index (χ1) is 18.3. The zero-order valence-electron chi connectivity index (χ0n) is 20.9. The highest BCUT2D eigenvalue weighted by atomic mass is 35.5. The summed E-state index contributed by atoms with van der Waals surface area (Å²) in [5, 5.41) is 5.91. The molecule has 1 aliphatic heterocycles. The third kappa shape index (κ3) is 5.23. The van der Waals surface area contributed by atoms with E-state index in [1.165, 1.54) is 12.4 Å². The van der Waals surface area contributed by atoms with Crippen molar-refractivity contribution in [3.05, 3.63) is 89.2 Å². The summed E-state index contributed by atoms with van der Waals surface area (Å²) in [6.45, 7) is 2.98. The van der Waals surface area contributed by atoms with E-state index < -0.39 is 16.7 Å². The van der Waals surface area contributed by atoms with E-state index in [4.69, 9.17) is 11.6 Å². The molecule has 1 aliphatic rings. The van der Waals surface area contributed by atoms with Crippen LogP contribution in [0.1, 0.15) is 18.4 Å². The Bertz CT molecular complexity index is 1560. The minimum absolute atomic E-state index is 0.0374. The van der Waals surface area contributed by atoms with Gasteiger partial charge in [0.15, 0.2) is 5.82 Å². The van der Waals surface area contributed by atoms with Crippen molar-refractivity contribution in [3.63, 3.8) is 0 Å². The Balaban J connectivity index is 1.61. The molecular formula is C29H26ClF2N5O. The van der Waals surface area contributed by atoms with Crippen molar-refractivity contribution in [1.29, 1.82) is 0 Å². The van der Waals surface area contributed by atoms with E-state index >= 15 is 0 Å². The first kappa shape index (κ1) is 25.8. The number of benzene rings is 3. The molecule has 38 heavy (non-hydrogen) atoms. The number of fused-ring (bicyclic) bond motifs is 1. The van der Waals surface area contributed by atoms with Gasteiger partial charge in [-0.05, 0) is 63.2 Å². The van der Waals surface area contributed by atoms with E-state index in [0.29, 0.717) is 22.2 Å². The van der Waals surface area contributed by atoms with Crippen molar-refractivity contribution in [1.82, 2.24) is 14.9 Å². The Hall–Kier alpha value is -3.88. The van der Waals surface area contributed by atoms with E-state index in [1.807, 2.05) is 44.3 Å². The molecule has 5 rings (SSSR count). The average Bonchev–Trinajstić information content (AvgIpc) is 3.32. The number of carbonyl (C=O) groups is 1. The second-order valence-electron chi connectivity index (χ2n) is 9.36. The lowest BCUT2D eigenvalue weighted by atomic mass is 9.97. The Morgan fingerprint density at radius 1 is 1.13 bits per heavy atom. The normalized spacial score (nSPS) is 15.9.